The number of rotatable bonds is 5. The molecule has 0 atom stereocenters. The average molecular weight is 411 g/mol. The quantitative estimate of drug-likeness (QED) is 0.394. The summed E-state index contributed by atoms with van der Waals surface area (Å²) in [5, 5.41) is 9.80. The third-order valence-electron chi connectivity index (χ3n) is 4.27. The van der Waals surface area contributed by atoms with Crippen molar-refractivity contribution in [3.05, 3.63) is 89.0 Å². The Morgan fingerprint density at radius 3 is 2.46 bits per heavy atom. The first kappa shape index (κ1) is 18.7. The van der Waals surface area contributed by atoms with Crippen molar-refractivity contribution >= 4 is 23.4 Å². The third kappa shape index (κ3) is 3.79. The minimum absolute atomic E-state index is 0.323. The molecule has 0 aliphatic heterocycles. The highest BCUT2D eigenvalue weighted by atomic mass is 35.5. The van der Waals surface area contributed by atoms with E-state index in [1.54, 1.807) is 24.5 Å². The maximum atomic E-state index is 14.1. The van der Waals surface area contributed by atoms with Crippen molar-refractivity contribution in [1.82, 2.24) is 19.7 Å². The monoisotopic (exact) mass is 410 g/mol. The molecular weight excluding hydrogens is 395 g/mol. The molecule has 0 bridgehead atoms. The number of aromatic nitrogens is 4. The molecule has 0 unspecified atom stereocenters. The van der Waals surface area contributed by atoms with Gasteiger partial charge in [0.25, 0.3) is 0 Å². The van der Waals surface area contributed by atoms with E-state index in [1.807, 2.05) is 47.9 Å². The molecular formula is C21H16ClFN4S. The average Bonchev–Trinajstić information content (AvgIpc) is 3.13. The normalized spacial score (nSPS) is 11.0. The van der Waals surface area contributed by atoms with Crippen LogP contribution in [0.25, 0.3) is 17.1 Å². The molecule has 0 aliphatic carbocycles. The molecule has 2 aromatic carbocycles. The fourth-order valence-corrected chi connectivity index (χ4v) is 4.08. The number of nitrogens with zero attached hydrogens (tertiary/aromatic N) is 4. The molecule has 4 rings (SSSR count). The van der Waals surface area contributed by atoms with Crippen LogP contribution in [0, 0.1) is 12.7 Å². The molecule has 0 saturated heterocycles. The lowest BCUT2D eigenvalue weighted by atomic mass is 10.2. The van der Waals surface area contributed by atoms with Crippen molar-refractivity contribution in [1.29, 1.82) is 0 Å². The predicted molar refractivity (Wildman–Crippen MR) is 110 cm³/mol. The molecule has 0 saturated carbocycles. The maximum absolute atomic E-state index is 14.1. The topological polar surface area (TPSA) is 43.6 Å². The minimum Gasteiger partial charge on any atom is -0.270 e. The lowest BCUT2D eigenvalue weighted by Gasteiger charge is -2.11. The second-order valence-corrected chi connectivity index (χ2v) is 7.55. The van der Waals surface area contributed by atoms with Crippen molar-refractivity contribution < 1.29 is 4.39 Å². The van der Waals surface area contributed by atoms with E-state index in [0.717, 1.165) is 16.8 Å². The van der Waals surface area contributed by atoms with Crippen LogP contribution in [0.1, 0.15) is 11.1 Å². The lowest BCUT2D eigenvalue weighted by Crippen LogP contribution is -2.00. The van der Waals surface area contributed by atoms with Crippen LogP contribution >= 0.6 is 23.4 Å². The smallest absolute Gasteiger partial charge is 0.196 e. The number of benzene rings is 2. The van der Waals surface area contributed by atoms with Crippen LogP contribution in [-0.2, 0) is 5.75 Å². The van der Waals surface area contributed by atoms with E-state index in [2.05, 4.69) is 15.2 Å². The van der Waals surface area contributed by atoms with Gasteiger partial charge in [-0.1, -0.05) is 47.1 Å². The van der Waals surface area contributed by atoms with Crippen LogP contribution in [0.4, 0.5) is 4.39 Å². The first-order chi connectivity index (χ1) is 13.6. The van der Waals surface area contributed by atoms with Gasteiger partial charge in [-0.15, -0.1) is 10.2 Å². The van der Waals surface area contributed by atoms with Crippen LogP contribution in [-0.4, -0.2) is 19.7 Å². The van der Waals surface area contributed by atoms with Gasteiger partial charge in [0, 0.05) is 40.0 Å². The van der Waals surface area contributed by atoms with Gasteiger partial charge in [-0.25, -0.2) is 4.39 Å². The largest absolute Gasteiger partial charge is 0.270 e. The molecule has 0 amide bonds. The summed E-state index contributed by atoms with van der Waals surface area (Å²) in [6, 6.07) is 16.6. The zero-order valence-corrected chi connectivity index (χ0v) is 16.6. The molecule has 0 fully saturated rings. The Morgan fingerprint density at radius 1 is 1.00 bits per heavy atom. The number of aryl methyl sites for hydroxylation is 1. The van der Waals surface area contributed by atoms with E-state index in [1.165, 1.54) is 17.8 Å². The maximum Gasteiger partial charge on any atom is 0.196 e. The van der Waals surface area contributed by atoms with Crippen LogP contribution in [0.3, 0.4) is 0 Å². The van der Waals surface area contributed by atoms with Crippen molar-refractivity contribution in [3.63, 3.8) is 0 Å². The Bertz CT molecular complexity index is 1080. The van der Waals surface area contributed by atoms with E-state index < -0.39 is 0 Å². The van der Waals surface area contributed by atoms with Gasteiger partial charge >= 0.3 is 0 Å². The van der Waals surface area contributed by atoms with Gasteiger partial charge in [0.1, 0.15) is 5.82 Å². The molecule has 4 nitrogen and oxygen atoms in total. The highest BCUT2D eigenvalue weighted by Crippen LogP contribution is 2.32. The van der Waals surface area contributed by atoms with Gasteiger partial charge in [-0.3, -0.25) is 9.55 Å². The van der Waals surface area contributed by atoms with Crippen LogP contribution < -0.4 is 0 Å². The molecule has 140 valence electrons. The number of pyridine rings is 1. The summed E-state index contributed by atoms with van der Waals surface area (Å²) in [7, 11) is 0. The van der Waals surface area contributed by atoms with Gasteiger partial charge in [0.2, 0.25) is 0 Å². The Kier molecular flexibility index (Phi) is 5.41. The van der Waals surface area contributed by atoms with E-state index in [0.29, 0.717) is 27.3 Å². The molecule has 0 N–H and O–H groups in total. The Balaban J connectivity index is 1.75. The summed E-state index contributed by atoms with van der Waals surface area (Å²) in [4.78, 5) is 4.07. The first-order valence-corrected chi connectivity index (χ1v) is 9.98. The van der Waals surface area contributed by atoms with Crippen molar-refractivity contribution in [2.75, 3.05) is 0 Å². The summed E-state index contributed by atoms with van der Waals surface area (Å²) >= 11 is 7.56. The molecule has 0 spiro atoms. The highest BCUT2D eigenvalue weighted by molar-refractivity contribution is 7.98. The summed E-state index contributed by atoms with van der Waals surface area (Å²) < 4.78 is 16.1. The summed E-state index contributed by atoms with van der Waals surface area (Å²) in [6.07, 6.45) is 3.44. The van der Waals surface area contributed by atoms with Crippen molar-refractivity contribution in [2.24, 2.45) is 0 Å². The second kappa shape index (κ2) is 8.12. The predicted octanol–water partition coefficient (Wildman–Crippen LogP) is 5.72. The SMILES string of the molecule is Cc1ccc(-n2c(SCc3c(F)cccc3Cl)nnc2-c2ccncc2)cc1. The van der Waals surface area contributed by atoms with Crippen LogP contribution in [0.5, 0.6) is 0 Å². The van der Waals surface area contributed by atoms with Crippen LogP contribution in [0.15, 0.2) is 72.1 Å². The molecule has 2 heterocycles. The van der Waals surface area contributed by atoms with E-state index in [9.17, 15) is 4.39 Å². The lowest BCUT2D eigenvalue weighted by molar-refractivity contribution is 0.617. The van der Waals surface area contributed by atoms with Gasteiger partial charge in [0.15, 0.2) is 11.0 Å². The standard InChI is InChI=1S/C21H16ClFN4S/c1-14-5-7-16(8-6-14)27-20(15-9-11-24-12-10-15)25-26-21(27)28-13-17-18(22)3-2-4-19(17)23/h2-12H,13H2,1H3. The fourth-order valence-electron chi connectivity index (χ4n) is 2.78. The molecule has 0 aliphatic rings. The van der Waals surface area contributed by atoms with Crippen molar-refractivity contribution in [3.8, 4) is 17.1 Å². The van der Waals surface area contributed by atoms with Crippen molar-refractivity contribution in [2.45, 2.75) is 17.8 Å². The second-order valence-electron chi connectivity index (χ2n) is 6.20. The summed E-state index contributed by atoms with van der Waals surface area (Å²) in [5.74, 6) is 0.732. The van der Waals surface area contributed by atoms with Gasteiger partial charge in [0.05, 0.1) is 0 Å². The number of thioether (sulfide) groups is 1. The molecule has 4 aromatic rings. The number of halogens is 2. The highest BCUT2D eigenvalue weighted by Gasteiger charge is 2.17. The zero-order chi connectivity index (χ0) is 19.5. The minimum atomic E-state index is -0.323. The zero-order valence-electron chi connectivity index (χ0n) is 15.0. The number of hydrogen-bond donors (Lipinski definition) is 0. The Morgan fingerprint density at radius 2 is 1.75 bits per heavy atom. The van der Waals surface area contributed by atoms with Gasteiger partial charge in [-0.05, 0) is 43.3 Å². The molecule has 7 heteroatoms. The van der Waals surface area contributed by atoms with Crippen LogP contribution in [0.2, 0.25) is 5.02 Å². The van der Waals surface area contributed by atoms with E-state index >= 15 is 0 Å². The van der Waals surface area contributed by atoms with Gasteiger partial charge < -0.3 is 0 Å². The Hall–Kier alpha value is -2.70. The number of hydrogen-bond acceptors (Lipinski definition) is 4. The molecule has 28 heavy (non-hydrogen) atoms. The Labute approximate surface area is 171 Å². The van der Waals surface area contributed by atoms with E-state index in [-0.39, 0.29) is 5.82 Å². The molecule has 2 aromatic heterocycles. The third-order valence-corrected chi connectivity index (χ3v) is 5.58. The molecule has 0 radical (unpaired) electrons. The summed E-state index contributed by atoms with van der Waals surface area (Å²) in [5.41, 5.74) is 3.45. The summed E-state index contributed by atoms with van der Waals surface area (Å²) in [6.45, 7) is 2.04. The van der Waals surface area contributed by atoms with E-state index in [4.69, 9.17) is 11.6 Å². The fraction of sp³-hybridized carbons (Fsp3) is 0.0952. The van der Waals surface area contributed by atoms with Gasteiger partial charge in [-0.2, -0.15) is 0 Å². The first-order valence-electron chi connectivity index (χ1n) is 8.62.